The molecule has 1 nitrogen and oxygen atoms in total. The Kier molecular flexibility index (Phi) is 2.21. The van der Waals surface area contributed by atoms with Gasteiger partial charge in [0.25, 0.3) is 0 Å². The maximum atomic E-state index is 10.9. The van der Waals surface area contributed by atoms with E-state index >= 15 is 0 Å². The summed E-state index contributed by atoms with van der Waals surface area (Å²) in [5, 5.41) is 0. The van der Waals surface area contributed by atoms with E-state index in [1.807, 2.05) is 18.2 Å². The normalized spacial score (nSPS) is 9.18. The van der Waals surface area contributed by atoms with Crippen LogP contribution in [0.5, 0.6) is 0 Å². The van der Waals surface area contributed by atoms with E-state index in [2.05, 4.69) is 0 Å². The van der Waals surface area contributed by atoms with Crippen LogP contribution >= 0.6 is 0 Å². The molecule has 0 saturated carbocycles. The third-order valence-corrected chi connectivity index (χ3v) is 1.52. The summed E-state index contributed by atoms with van der Waals surface area (Å²) in [7, 11) is 0. The third kappa shape index (κ3) is 1.55. The number of hydrogen-bond acceptors (Lipinski definition) is 1. The number of benzene rings is 1. The first-order valence-corrected chi connectivity index (χ1v) is 3.40. The molecule has 0 amide bonds. The molecule has 11 heavy (non-hydrogen) atoms. The van der Waals surface area contributed by atoms with Crippen LogP contribution in [0.3, 0.4) is 0 Å². The second-order valence-corrected chi connectivity index (χ2v) is 2.31. The smallest absolute Gasteiger partial charge is 0.160 e. The van der Waals surface area contributed by atoms with Gasteiger partial charge in [0.1, 0.15) is 0 Å². The van der Waals surface area contributed by atoms with Gasteiger partial charge in [0, 0.05) is 5.56 Å². The fourth-order valence-electron chi connectivity index (χ4n) is 0.963. The van der Waals surface area contributed by atoms with Crippen LogP contribution in [0.25, 0.3) is 6.08 Å². The Morgan fingerprint density at radius 3 is 2.55 bits per heavy atom. The van der Waals surface area contributed by atoms with E-state index in [1.54, 1.807) is 6.07 Å². The lowest BCUT2D eigenvalue weighted by molar-refractivity contribution is 0.101. The van der Waals surface area contributed by atoms with Crippen molar-refractivity contribution in [1.29, 1.82) is 0 Å². The quantitative estimate of drug-likeness (QED) is 0.584. The van der Waals surface area contributed by atoms with E-state index in [1.165, 1.54) is 13.0 Å². The molecule has 0 bridgehead atoms. The predicted molar refractivity (Wildman–Crippen MR) is 45.2 cm³/mol. The van der Waals surface area contributed by atoms with Crippen LogP contribution in [-0.2, 0) is 0 Å². The molecular formula is C10H9O. The Morgan fingerprint density at radius 2 is 2.09 bits per heavy atom. The Balaban J connectivity index is 3.22. The van der Waals surface area contributed by atoms with E-state index in [0.717, 1.165) is 5.56 Å². The van der Waals surface area contributed by atoms with Crippen molar-refractivity contribution in [1.82, 2.24) is 0 Å². The lowest BCUT2D eigenvalue weighted by Crippen LogP contribution is -1.94. The predicted octanol–water partition coefficient (Wildman–Crippen LogP) is 2.34. The fourth-order valence-corrected chi connectivity index (χ4v) is 0.963. The zero-order valence-electron chi connectivity index (χ0n) is 6.37. The van der Waals surface area contributed by atoms with E-state index in [-0.39, 0.29) is 5.78 Å². The van der Waals surface area contributed by atoms with E-state index in [0.29, 0.717) is 5.56 Å². The topological polar surface area (TPSA) is 17.1 Å². The molecule has 0 heterocycles. The molecule has 55 valence electrons. The van der Waals surface area contributed by atoms with Gasteiger partial charge >= 0.3 is 0 Å². The molecule has 1 heteroatoms. The summed E-state index contributed by atoms with van der Waals surface area (Å²) in [6.07, 6.45) is 1.44. The average Bonchev–Trinajstić information content (AvgIpc) is 2.04. The number of ketones is 1. The highest BCUT2D eigenvalue weighted by Gasteiger charge is 2.01. The first kappa shape index (κ1) is 7.73. The van der Waals surface area contributed by atoms with Gasteiger partial charge in [-0.05, 0) is 12.5 Å². The van der Waals surface area contributed by atoms with Crippen molar-refractivity contribution in [2.75, 3.05) is 0 Å². The molecule has 1 rings (SSSR count). The van der Waals surface area contributed by atoms with Gasteiger partial charge in [-0.25, -0.2) is 0 Å². The van der Waals surface area contributed by atoms with Crippen molar-refractivity contribution >= 4 is 11.9 Å². The van der Waals surface area contributed by atoms with Crippen molar-refractivity contribution in [2.45, 2.75) is 6.92 Å². The van der Waals surface area contributed by atoms with Gasteiger partial charge in [-0.15, -0.1) is 0 Å². The first-order valence-electron chi connectivity index (χ1n) is 3.40. The molecule has 0 unspecified atom stereocenters. The van der Waals surface area contributed by atoms with Crippen molar-refractivity contribution < 1.29 is 4.79 Å². The molecule has 0 atom stereocenters. The van der Waals surface area contributed by atoms with E-state index < -0.39 is 0 Å². The minimum atomic E-state index is 0.0438. The van der Waals surface area contributed by atoms with E-state index in [9.17, 15) is 4.79 Å². The minimum Gasteiger partial charge on any atom is -0.294 e. The molecule has 1 aromatic rings. The highest BCUT2D eigenvalue weighted by molar-refractivity contribution is 5.97. The van der Waals surface area contributed by atoms with Gasteiger partial charge in [-0.3, -0.25) is 4.79 Å². The van der Waals surface area contributed by atoms with Crippen molar-refractivity contribution in [3.05, 3.63) is 42.0 Å². The maximum absolute atomic E-state index is 10.9. The van der Waals surface area contributed by atoms with Gasteiger partial charge in [-0.2, -0.15) is 0 Å². The molecule has 1 aromatic carbocycles. The molecule has 1 radical (unpaired) electrons. The first-order chi connectivity index (χ1) is 5.25. The van der Waals surface area contributed by atoms with Crippen molar-refractivity contribution in [3.8, 4) is 0 Å². The Labute approximate surface area is 66.4 Å². The van der Waals surface area contributed by atoms with Gasteiger partial charge in [0.05, 0.1) is 0 Å². The summed E-state index contributed by atoms with van der Waals surface area (Å²) in [5.74, 6) is 0.0438. The molecule has 0 spiro atoms. The summed E-state index contributed by atoms with van der Waals surface area (Å²) in [6, 6.07) is 7.26. The summed E-state index contributed by atoms with van der Waals surface area (Å²) >= 11 is 0. The summed E-state index contributed by atoms with van der Waals surface area (Å²) < 4.78 is 0. The van der Waals surface area contributed by atoms with Crippen LogP contribution in [0.1, 0.15) is 22.8 Å². The van der Waals surface area contributed by atoms with Gasteiger partial charge < -0.3 is 0 Å². The minimum absolute atomic E-state index is 0.0438. The molecule has 0 N–H and O–H groups in total. The summed E-state index contributed by atoms with van der Waals surface area (Å²) in [6.45, 7) is 6.84. The molecule has 0 aliphatic rings. The molecular weight excluding hydrogens is 136 g/mol. The van der Waals surface area contributed by atoms with Crippen LogP contribution < -0.4 is 0 Å². The van der Waals surface area contributed by atoms with Crippen LogP contribution in [0.4, 0.5) is 0 Å². The fraction of sp³-hybridized carbons (Fsp3) is 0.100. The summed E-state index contributed by atoms with van der Waals surface area (Å²) in [5.41, 5.74) is 1.47. The van der Waals surface area contributed by atoms with Gasteiger partial charge in [0.2, 0.25) is 0 Å². The average molecular weight is 145 g/mol. The maximum Gasteiger partial charge on any atom is 0.160 e. The SMILES string of the molecule is [CH]=Cc1ccccc1C(C)=O. The standard InChI is InChI=1S/C10H9O/c1-3-9-6-4-5-7-10(9)8(2)11/h1,3-7H,2H3. The molecule has 0 fully saturated rings. The van der Waals surface area contributed by atoms with Crippen LogP contribution in [0.2, 0.25) is 0 Å². The Bertz CT molecular complexity index is 287. The zero-order chi connectivity index (χ0) is 8.27. The van der Waals surface area contributed by atoms with E-state index in [4.69, 9.17) is 6.58 Å². The van der Waals surface area contributed by atoms with Crippen LogP contribution in [0.15, 0.2) is 24.3 Å². The Hall–Kier alpha value is -1.37. The highest BCUT2D eigenvalue weighted by atomic mass is 16.1. The number of carbonyl (C=O) groups is 1. The largest absolute Gasteiger partial charge is 0.294 e. The molecule has 0 aliphatic carbocycles. The number of carbonyl (C=O) groups excluding carboxylic acids is 1. The Morgan fingerprint density at radius 1 is 1.45 bits per heavy atom. The number of hydrogen-bond donors (Lipinski definition) is 0. The van der Waals surface area contributed by atoms with Crippen LogP contribution in [-0.4, -0.2) is 5.78 Å². The lowest BCUT2D eigenvalue weighted by atomic mass is 10.1. The summed E-state index contributed by atoms with van der Waals surface area (Å²) in [4.78, 5) is 10.9. The second-order valence-electron chi connectivity index (χ2n) is 2.31. The van der Waals surface area contributed by atoms with Crippen molar-refractivity contribution in [3.63, 3.8) is 0 Å². The molecule has 0 saturated heterocycles. The number of rotatable bonds is 2. The lowest BCUT2D eigenvalue weighted by Gasteiger charge is -1.98. The van der Waals surface area contributed by atoms with Crippen LogP contribution in [0, 0.1) is 6.58 Å². The van der Waals surface area contributed by atoms with Gasteiger partial charge in [-0.1, -0.05) is 36.9 Å². The second kappa shape index (κ2) is 3.15. The highest BCUT2D eigenvalue weighted by Crippen LogP contribution is 2.09. The third-order valence-electron chi connectivity index (χ3n) is 1.52. The van der Waals surface area contributed by atoms with Crippen molar-refractivity contribution in [2.24, 2.45) is 0 Å². The molecule has 0 aromatic heterocycles. The van der Waals surface area contributed by atoms with Gasteiger partial charge in [0.15, 0.2) is 5.78 Å². The zero-order valence-corrected chi connectivity index (χ0v) is 6.37. The number of Topliss-reactive ketones (excluding diaryl/α,β-unsaturated/α-hetero) is 1. The molecule has 0 aliphatic heterocycles. The monoisotopic (exact) mass is 145 g/mol.